The third kappa shape index (κ3) is 2.16. The number of hydrogen-bond acceptors (Lipinski definition) is 1. The molecule has 71 valence electrons. The second kappa shape index (κ2) is 3.59. The van der Waals surface area contributed by atoms with Crippen LogP contribution in [0.25, 0.3) is 0 Å². The fourth-order valence-corrected chi connectivity index (χ4v) is 1.76. The molecule has 0 spiro atoms. The quantitative estimate of drug-likeness (QED) is 0.670. The summed E-state index contributed by atoms with van der Waals surface area (Å²) in [5, 5.41) is 0.645. The Bertz CT molecular complexity index is 299. The molecule has 0 N–H and O–H groups in total. The van der Waals surface area contributed by atoms with E-state index in [-0.39, 0.29) is 5.41 Å². The lowest BCUT2D eigenvalue weighted by Crippen LogP contribution is -2.13. The first-order valence-electron chi connectivity index (χ1n) is 4.21. The predicted octanol–water partition coefficient (Wildman–Crippen LogP) is 3.45. The second-order valence-corrected chi connectivity index (χ2v) is 4.36. The van der Waals surface area contributed by atoms with Gasteiger partial charge < -0.3 is 4.74 Å². The summed E-state index contributed by atoms with van der Waals surface area (Å²) < 4.78 is 5.25. The second-order valence-electron chi connectivity index (χ2n) is 3.99. The van der Waals surface area contributed by atoms with Crippen LogP contribution in [0.5, 0.6) is 5.75 Å². The zero-order chi connectivity index (χ0) is 10.1. The van der Waals surface area contributed by atoms with Crippen molar-refractivity contribution in [3.8, 4) is 5.75 Å². The van der Waals surface area contributed by atoms with Gasteiger partial charge in [-0.3, -0.25) is 0 Å². The number of hydrogen-bond donors (Lipinski definition) is 0. The van der Waals surface area contributed by atoms with E-state index < -0.39 is 0 Å². The lowest BCUT2D eigenvalue weighted by atomic mass is 9.86. The van der Waals surface area contributed by atoms with Crippen LogP contribution in [-0.4, -0.2) is 7.11 Å². The van der Waals surface area contributed by atoms with E-state index in [9.17, 15) is 0 Å². The molecule has 0 saturated carbocycles. The minimum atomic E-state index is -0.0137. The van der Waals surface area contributed by atoms with Gasteiger partial charge in [0.2, 0.25) is 0 Å². The van der Waals surface area contributed by atoms with Crippen molar-refractivity contribution in [1.29, 1.82) is 0 Å². The molecule has 0 aromatic heterocycles. The zero-order valence-corrected chi connectivity index (χ0v) is 9.20. The molecule has 0 unspecified atom stereocenters. The lowest BCUT2D eigenvalue weighted by Gasteiger charge is -2.22. The van der Waals surface area contributed by atoms with Crippen molar-refractivity contribution in [2.45, 2.75) is 26.2 Å². The van der Waals surface area contributed by atoms with Gasteiger partial charge in [0, 0.05) is 11.6 Å². The average Bonchev–Trinajstić information content (AvgIpc) is 2.01. The Hall–Kier alpha value is -0.690. The Morgan fingerprint density at radius 3 is 2.38 bits per heavy atom. The molecular formula is C11H14ClO. The summed E-state index contributed by atoms with van der Waals surface area (Å²) in [5.41, 5.74) is 0.999. The minimum Gasteiger partial charge on any atom is -0.496 e. The fourth-order valence-electron chi connectivity index (χ4n) is 1.32. The minimum absolute atomic E-state index is 0.0137. The monoisotopic (exact) mass is 197 g/mol. The van der Waals surface area contributed by atoms with E-state index in [0.29, 0.717) is 5.02 Å². The summed E-state index contributed by atoms with van der Waals surface area (Å²) in [4.78, 5) is 0. The summed E-state index contributed by atoms with van der Waals surface area (Å²) >= 11 is 6.06. The Labute approximate surface area is 84.7 Å². The Morgan fingerprint density at radius 2 is 2.00 bits per heavy atom. The van der Waals surface area contributed by atoms with Crippen molar-refractivity contribution in [2.75, 3.05) is 7.11 Å². The number of benzene rings is 1. The van der Waals surface area contributed by atoms with E-state index in [2.05, 4.69) is 26.8 Å². The molecule has 1 aromatic rings. The molecule has 1 nitrogen and oxygen atoms in total. The van der Waals surface area contributed by atoms with Gasteiger partial charge in [0.15, 0.2) is 0 Å². The highest BCUT2D eigenvalue weighted by Crippen LogP contribution is 2.36. The third-order valence-corrected chi connectivity index (χ3v) is 2.18. The maximum Gasteiger partial charge on any atom is 0.124 e. The van der Waals surface area contributed by atoms with Gasteiger partial charge in [-0.15, -0.1) is 0 Å². The molecule has 0 saturated heterocycles. The van der Waals surface area contributed by atoms with Gasteiger partial charge in [0.25, 0.3) is 0 Å². The molecule has 1 radical (unpaired) electrons. The molecule has 1 rings (SSSR count). The Balaban J connectivity index is 3.32. The topological polar surface area (TPSA) is 9.23 Å². The van der Waals surface area contributed by atoms with Crippen LogP contribution < -0.4 is 4.74 Å². The predicted molar refractivity (Wildman–Crippen MR) is 55.5 cm³/mol. The van der Waals surface area contributed by atoms with Crippen LogP contribution in [0.4, 0.5) is 0 Å². The fraction of sp³-hybridized carbons (Fsp3) is 0.455. The van der Waals surface area contributed by atoms with Crippen molar-refractivity contribution in [1.82, 2.24) is 0 Å². The molecule has 13 heavy (non-hydrogen) atoms. The number of methoxy groups -OCH3 is 1. The van der Waals surface area contributed by atoms with Crippen LogP contribution in [0.2, 0.25) is 5.02 Å². The van der Waals surface area contributed by atoms with E-state index in [1.807, 2.05) is 6.07 Å². The standard InChI is InChI=1S/C11H14ClO/c1-11(2,3)10-8(12)6-5-7-9(10)13-4/h5,7H,1-4H3. The van der Waals surface area contributed by atoms with Crippen LogP contribution in [0.15, 0.2) is 12.1 Å². The molecule has 0 amide bonds. The third-order valence-electron chi connectivity index (χ3n) is 1.88. The first-order chi connectivity index (χ1) is 5.96. The number of ether oxygens (including phenoxy) is 1. The maximum atomic E-state index is 6.06. The highest BCUT2D eigenvalue weighted by atomic mass is 35.5. The number of rotatable bonds is 1. The van der Waals surface area contributed by atoms with Gasteiger partial charge in [-0.25, -0.2) is 0 Å². The van der Waals surface area contributed by atoms with Crippen molar-refractivity contribution in [3.63, 3.8) is 0 Å². The normalized spacial score (nSPS) is 11.5. The summed E-state index contributed by atoms with van der Waals surface area (Å²) in [6, 6.07) is 6.62. The molecule has 0 fully saturated rings. The molecule has 1 aromatic carbocycles. The SMILES string of the molecule is COc1cc[c]c(Cl)c1C(C)(C)C. The van der Waals surface area contributed by atoms with Crippen molar-refractivity contribution in [2.24, 2.45) is 0 Å². The van der Waals surface area contributed by atoms with Gasteiger partial charge in [0.05, 0.1) is 12.1 Å². The van der Waals surface area contributed by atoms with E-state index in [1.165, 1.54) is 0 Å². The lowest BCUT2D eigenvalue weighted by molar-refractivity contribution is 0.397. The maximum absolute atomic E-state index is 6.06. The van der Waals surface area contributed by atoms with Gasteiger partial charge in [-0.1, -0.05) is 32.4 Å². The molecule has 0 aliphatic carbocycles. The summed E-state index contributed by atoms with van der Waals surface area (Å²) in [7, 11) is 1.65. The highest BCUT2D eigenvalue weighted by Gasteiger charge is 2.21. The van der Waals surface area contributed by atoms with Crippen molar-refractivity contribution in [3.05, 3.63) is 28.8 Å². The van der Waals surface area contributed by atoms with Gasteiger partial charge in [-0.05, 0) is 17.5 Å². The smallest absolute Gasteiger partial charge is 0.124 e. The van der Waals surface area contributed by atoms with Crippen molar-refractivity contribution >= 4 is 11.6 Å². The van der Waals surface area contributed by atoms with E-state index in [0.717, 1.165) is 11.3 Å². The zero-order valence-electron chi connectivity index (χ0n) is 8.44. The van der Waals surface area contributed by atoms with Crippen LogP contribution in [0.1, 0.15) is 26.3 Å². The summed E-state index contributed by atoms with van der Waals surface area (Å²) in [5.74, 6) is 0.830. The van der Waals surface area contributed by atoms with Crippen LogP contribution in [0.3, 0.4) is 0 Å². The first kappa shape index (κ1) is 10.4. The average molecular weight is 198 g/mol. The molecule has 0 heterocycles. The van der Waals surface area contributed by atoms with E-state index in [4.69, 9.17) is 16.3 Å². The Morgan fingerprint density at radius 1 is 1.38 bits per heavy atom. The van der Waals surface area contributed by atoms with Crippen LogP contribution >= 0.6 is 11.6 Å². The molecular weight excluding hydrogens is 184 g/mol. The molecule has 0 aliphatic heterocycles. The number of halogens is 1. The van der Waals surface area contributed by atoms with Crippen molar-refractivity contribution < 1.29 is 4.74 Å². The van der Waals surface area contributed by atoms with Crippen LogP contribution in [0, 0.1) is 6.07 Å². The first-order valence-corrected chi connectivity index (χ1v) is 4.59. The van der Waals surface area contributed by atoms with Gasteiger partial charge >= 0.3 is 0 Å². The molecule has 0 bridgehead atoms. The van der Waals surface area contributed by atoms with E-state index >= 15 is 0 Å². The summed E-state index contributed by atoms with van der Waals surface area (Å²) in [6.07, 6.45) is 0. The van der Waals surface area contributed by atoms with Crippen LogP contribution in [-0.2, 0) is 5.41 Å². The Kier molecular flexibility index (Phi) is 2.87. The highest BCUT2D eigenvalue weighted by molar-refractivity contribution is 6.31. The molecule has 0 aliphatic rings. The largest absolute Gasteiger partial charge is 0.496 e. The van der Waals surface area contributed by atoms with Gasteiger partial charge in [0.1, 0.15) is 5.75 Å². The molecule has 0 atom stereocenters. The van der Waals surface area contributed by atoms with E-state index in [1.54, 1.807) is 13.2 Å². The molecule has 2 heteroatoms. The van der Waals surface area contributed by atoms with Gasteiger partial charge in [-0.2, -0.15) is 0 Å². The summed E-state index contributed by atoms with van der Waals surface area (Å²) in [6.45, 7) is 6.31.